The van der Waals surface area contributed by atoms with Gasteiger partial charge in [0.05, 0.1) is 11.5 Å². The molecule has 1 fully saturated rings. The lowest BCUT2D eigenvalue weighted by atomic mass is 10.1. The topological polar surface area (TPSA) is 42.2 Å². The quantitative estimate of drug-likeness (QED) is 0.731. The highest BCUT2D eigenvalue weighted by molar-refractivity contribution is 5.53. The van der Waals surface area contributed by atoms with Gasteiger partial charge in [0.25, 0.3) is 5.89 Å². The summed E-state index contributed by atoms with van der Waals surface area (Å²) in [6, 6.07) is 16.9. The van der Waals surface area contributed by atoms with E-state index in [9.17, 15) is 4.39 Å². The van der Waals surface area contributed by atoms with Gasteiger partial charge in [-0.1, -0.05) is 42.5 Å². The zero-order valence-electron chi connectivity index (χ0n) is 13.2. The second-order valence-electron chi connectivity index (χ2n) is 6.13. The summed E-state index contributed by atoms with van der Waals surface area (Å²) in [7, 11) is 0. The predicted molar refractivity (Wildman–Crippen MR) is 88.8 cm³/mol. The Hall–Kier alpha value is -2.53. The molecule has 0 saturated carbocycles. The van der Waals surface area contributed by atoms with E-state index in [-0.39, 0.29) is 17.6 Å². The fourth-order valence-electron chi connectivity index (χ4n) is 3.16. The molecule has 4 nitrogen and oxygen atoms in total. The van der Waals surface area contributed by atoms with Gasteiger partial charge < -0.3 is 4.42 Å². The normalized spacial score (nSPS) is 18.1. The van der Waals surface area contributed by atoms with Crippen molar-refractivity contribution in [2.24, 2.45) is 0 Å². The molecule has 1 atom stereocenters. The van der Waals surface area contributed by atoms with Crippen LogP contribution in [0.5, 0.6) is 0 Å². The van der Waals surface area contributed by atoms with Crippen LogP contribution in [0.25, 0.3) is 11.5 Å². The molecule has 2 aromatic carbocycles. The Morgan fingerprint density at radius 3 is 2.67 bits per heavy atom. The molecule has 1 saturated heterocycles. The van der Waals surface area contributed by atoms with Crippen molar-refractivity contribution < 1.29 is 8.81 Å². The first-order valence-corrected chi connectivity index (χ1v) is 8.14. The molecule has 2 heterocycles. The van der Waals surface area contributed by atoms with Crippen molar-refractivity contribution in [3.8, 4) is 11.5 Å². The van der Waals surface area contributed by atoms with E-state index in [1.165, 1.54) is 11.6 Å². The number of aromatic nitrogens is 2. The van der Waals surface area contributed by atoms with Crippen molar-refractivity contribution in [1.82, 2.24) is 15.1 Å². The van der Waals surface area contributed by atoms with Gasteiger partial charge >= 0.3 is 0 Å². The Morgan fingerprint density at radius 1 is 1.04 bits per heavy atom. The summed E-state index contributed by atoms with van der Waals surface area (Å²) in [5.74, 6) is 0.722. The second kappa shape index (κ2) is 6.53. The van der Waals surface area contributed by atoms with Gasteiger partial charge in [-0.25, -0.2) is 4.39 Å². The van der Waals surface area contributed by atoms with Crippen LogP contribution in [0.2, 0.25) is 0 Å². The van der Waals surface area contributed by atoms with Gasteiger partial charge in [-0.15, -0.1) is 10.2 Å². The average molecular weight is 323 g/mol. The van der Waals surface area contributed by atoms with Crippen molar-refractivity contribution in [3.05, 3.63) is 71.9 Å². The van der Waals surface area contributed by atoms with Gasteiger partial charge in [0.15, 0.2) is 0 Å². The fraction of sp³-hybridized carbons (Fsp3) is 0.263. The maximum absolute atomic E-state index is 13.8. The van der Waals surface area contributed by atoms with Crippen LogP contribution in [0.15, 0.2) is 59.0 Å². The van der Waals surface area contributed by atoms with Crippen molar-refractivity contribution in [2.45, 2.75) is 18.9 Å². The van der Waals surface area contributed by atoms with E-state index in [1.807, 2.05) is 6.07 Å². The maximum Gasteiger partial charge on any atom is 0.250 e. The first-order chi connectivity index (χ1) is 11.8. The SMILES string of the molecule is Fc1ccccc1-c1nnc(C2CCN(Cc3ccccc3)C2)o1. The second-order valence-corrected chi connectivity index (χ2v) is 6.13. The molecule has 1 aliphatic heterocycles. The van der Waals surface area contributed by atoms with E-state index in [2.05, 4.69) is 39.4 Å². The third-order valence-corrected chi connectivity index (χ3v) is 4.42. The number of hydrogen-bond donors (Lipinski definition) is 0. The molecular formula is C19H18FN3O. The third kappa shape index (κ3) is 3.08. The molecule has 1 aliphatic rings. The van der Waals surface area contributed by atoms with E-state index < -0.39 is 0 Å². The van der Waals surface area contributed by atoms with E-state index in [4.69, 9.17) is 4.42 Å². The summed E-state index contributed by atoms with van der Waals surface area (Å²) in [5.41, 5.74) is 1.66. The molecule has 0 spiro atoms. The molecular weight excluding hydrogens is 305 g/mol. The van der Waals surface area contributed by atoms with Crippen LogP contribution in [0.1, 0.15) is 23.8 Å². The molecule has 0 aliphatic carbocycles. The Labute approximate surface area is 139 Å². The Morgan fingerprint density at radius 2 is 1.83 bits per heavy atom. The summed E-state index contributed by atoms with van der Waals surface area (Å²) < 4.78 is 19.6. The number of halogens is 1. The van der Waals surface area contributed by atoms with E-state index in [0.717, 1.165) is 26.1 Å². The summed E-state index contributed by atoms with van der Waals surface area (Å²) >= 11 is 0. The van der Waals surface area contributed by atoms with Crippen LogP contribution >= 0.6 is 0 Å². The summed E-state index contributed by atoms with van der Waals surface area (Å²) in [4.78, 5) is 2.38. The molecule has 0 bridgehead atoms. The number of hydrogen-bond acceptors (Lipinski definition) is 4. The monoisotopic (exact) mass is 323 g/mol. The predicted octanol–water partition coefficient (Wildman–Crippen LogP) is 3.87. The highest BCUT2D eigenvalue weighted by Crippen LogP contribution is 2.30. The van der Waals surface area contributed by atoms with Gasteiger partial charge in [-0.2, -0.15) is 0 Å². The molecule has 4 rings (SSSR count). The van der Waals surface area contributed by atoms with E-state index >= 15 is 0 Å². The molecule has 0 N–H and O–H groups in total. The summed E-state index contributed by atoms with van der Waals surface area (Å²) in [6.45, 7) is 2.80. The molecule has 122 valence electrons. The number of likely N-dealkylation sites (tertiary alicyclic amines) is 1. The van der Waals surface area contributed by atoms with Crippen LogP contribution < -0.4 is 0 Å². The lowest BCUT2D eigenvalue weighted by Gasteiger charge is -2.14. The van der Waals surface area contributed by atoms with Crippen molar-refractivity contribution in [1.29, 1.82) is 0 Å². The Kier molecular flexibility index (Phi) is 4.09. The van der Waals surface area contributed by atoms with Crippen molar-refractivity contribution in [2.75, 3.05) is 13.1 Å². The van der Waals surface area contributed by atoms with Crippen molar-refractivity contribution >= 4 is 0 Å². The Bertz CT molecular complexity index is 818. The lowest BCUT2D eigenvalue weighted by Crippen LogP contribution is -2.19. The lowest BCUT2D eigenvalue weighted by molar-refractivity contribution is 0.320. The van der Waals surface area contributed by atoms with Crippen LogP contribution in [0.4, 0.5) is 4.39 Å². The largest absolute Gasteiger partial charge is 0.420 e. The highest BCUT2D eigenvalue weighted by atomic mass is 19.1. The van der Waals surface area contributed by atoms with Crippen LogP contribution in [-0.2, 0) is 6.54 Å². The highest BCUT2D eigenvalue weighted by Gasteiger charge is 2.28. The molecule has 5 heteroatoms. The fourth-order valence-corrected chi connectivity index (χ4v) is 3.16. The van der Waals surface area contributed by atoms with Gasteiger partial charge in [0.1, 0.15) is 5.82 Å². The zero-order valence-corrected chi connectivity index (χ0v) is 13.2. The van der Waals surface area contributed by atoms with Crippen molar-refractivity contribution in [3.63, 3.8) is 0 Å². The Balaban J connectivity index is 1.45. The minimum absolute atomic E-state index is 0.210. The van der Waals surface area contributed by atoms with Crippen LogP contribution in [0.3, 0.4) is 0 Å². The average Bonchev–Trinajstić information content (AvgIpc) is 3.25. The molecule has 0 amide bonds. The smallest absolute Gasteiger partial charge is 0.250 e. The standard InChI is InChI=1S/C19H18FN3O/c20-17-9-5-4-8-16(17)19-22-21-18(24-19)15-10-11-23(13-15)12-14-6-2-1-3-7-14/h1-9,15H,10-13H2. The minimum atomic E-state index is -0.343. The van der Waals surface area contributed by atoms with Crippen LogP contribution in [0, 0.1) is 5.82 Å². The third-order valence-electron chi connectivity index (χ3n) is 4.42. The number of nitrogens with zero attached hydrogens (tertiary/aromatic N) is 3. The van der Waals surface area contributed by atoms with E-state index in [0.29, 0.717) is 11.5 Å². The number of rotatable bonds is 4. The van der Waals surface area contributed by atoms with Gasteiger partial charge in [0, 0.05) is 13.1 Å². The molecule has 3 aromatic rings. The van der Waals surface area contributed by atoms with Gasteiger partial charge in [0.2, 0.25) is 5.89 Å². The van der Waals surface area contributed by atoms with Crippen LogP contribution in [-0.4, -0.2) is 28.2 Å². The first-order valence-electron chi connectivity index (χ1n) is 8.14. The molecule has 1 aromatic heterocycles. The minimum Gasteiger partial charge on any atom is -0.420 e. The molecule has 24 heavy (non-hydrogen) atoms. The molecule has 0 radical (unpaired) electrons. The summed E-state index contributed by atoms with van der Waals surface area (Å²) in [5, 5.41) is 8.17. The first kappa shape index (κ1) is 15.0. The van der Waals surface area contributed by atoms with Gasteiger partial charge in [-0.3, -0.25) is 4.90 Å². The molecule has 1 unspecified atom stereocenters. The zero-order chi connectivity index (χ0) is 16.4. The summed E-state index contributed by atoms with van der Waals surface area (Å²) in [6.07, 6.45) is 0.978. The maximum atomic E-state index is 13.8. The van der Waals surface area contributed by atoms with E-state index in [1.54, 1.807) is 18.2 Å². The number of benzene rings is 2. The van der Waals surface area contributed by atoms with Gasteiger partial charge in [-0.05, 0) is 30.7 Å².